The fraction of sp³-hybridized carbons (Fsp3) is 0.826. The van der Waals surface area contributed by atoms with E-state index in [1.807, 2.05) is 0 Å². The number of rotatable bonds is 2. The molecule has 0 amide bonds. The maximum Gasteiger partial charge on any atom is 0.307 e. The van der Waals surface area contributed by atoms with E-state index >= 15 is 0 Å². The Hall–Kier alpha value is -0.740. The zero-order valence-corrected chi connectivity index (χ0v) is 19.3. The summed E-state index contributed by atoms with van der Waals surface area (Å²) in [4.78, 5) is 22.5. The Bertz CT molecular complexity index is 751. The highest BCUT2D eigenvalue weighted by Gasteiger charge is 2.67. The van der Waals surface area contributed by atoms with Crippen molar-refractivity contribution in [2.24, 2.45) is 28.6 Å². The van der Waals surface area contributed by atoms with Gasteiger partial charge in [0, 0.05) is 25.7 Å². The average molecular weight is 443 g/mol. The van der Waals surface area contributed by atoms with Crippen molar-refractivity contribution in [1.29, 1.82) is 0 Å². The first-order valence-corrected chi connectivity index (χ1v) is 11.7. The van der Waals surface area contributed by atoms with Gasteiger partial charge < -0.3 is 9.47 Å². The smallest absolute Gasteiger partial charge is 0.307 e. The largest absolute Gasteiger partial charge is 0.462 e. The van der Waals surface area contributed by atoms with E-state index < -0.39 is 4.87 Å². The van der Waals surface area contributed by atoms with E-state index in [4.69, 9.17) is 32.7 Å². The minimum atomic E-state index is -0.563. The lowest BCUT2D eigenvalue weighted by atomic mass is 9.44. The van der Waals surface area contributed by atoms with Crippen molar-refractivity contribution in [2.75, 3.05) is 0 Å². The van der Waals surface area contributed by atoms with Gasteiger partial charge in [-0.15, -0.1) is 23.2 Å². The molecule has 0 bridgehead atoms. The Morgan fingerprint density at radius 1 is 1.10 bits per heavy atom. The van der Waals surface area contributed by atoms with Gasteiger partial charge in [-0.3, -0.25) is 9.59 Å². The standard InChI is InChI=1S/C23H32Cl2O4/c1-13(26)28-15-7-10-22(4)18-8-9-21(3)17(5-6-20(21)29-14(2)27)16(18)11-19(24)23(22,25)12-15/h6,15-19H,5,7-12H2,1-4H3/t15?,16?,17?,18?,19?,21-,22+,23?/m0/s1. The van der Waals surface area contributed by atoms with Crippen molar-refractivity contribution in [3.05, 3.63) is 11.8 Å². The molecule has 4 rings (SSSR count). The Kier molecular flexibility index (Phi) is 5.30. The van der Waals surface area contributed by atoms with Crippen LogP contribution in [0.5, 0.6) is 0 Å². The van der Waals surface area contributed by atoms with Gasteiger partial charge in [-0.05, 0) is 67.8 Å². The first-order valence-electron chi connectivity index (χ1n) is 10.9. The lowest BCUT2D eigenvalue weighted by molar-refractivity contribution is -0.156. The number of halogens is 2. The molecule has 3 fully saturated rings. The molecule has 0 N–H and O–H groups in total. The molecule has 6 heteroatoms. The highest BCUT2D eigenvalue weighted by atomic mass is 35.5. The van der Waals surface area contributed by atoms with Crippen LogP contribution in [-0.4, -0.2) is 28.3 Å². The molecule has 0 radical (unpaired) electrons. The van der Waals surface area contributed by atoms with E-state index in [1.54, 1.807) is 0 Å². The molecule has 0 spiro atoms. The van der Waals surface area contributed by atoms with Crippen molar-refractivity contribution >= 4 is 35.1 Å². The van der Waals surface area contributed by atoms with Crippen LogP contribution in [0, 0.1) is 28.6 Å². The summed E-state index contributed by atoms with van der Waals surface area (Å²) in [5.74, 6) is 1.74. The normalized spacial score (nSPS) is 48.6. The molecule has 6 unspecified atom stereocenters. The maximum absolute atomic E-state index is 11.6. The number of fused-ring (bicyclic) bond motifs is 5. The monoisotopic (exact) mass is 442 g/mol. The van der Waals surface area contributed by atoms with Crippen molar-refractivity contribution in [3.63, 3.8) is 0 Å². The molecule has 0 aromatic rings. The lowest BCUT2D eigenvalue weighted by Gasteiger charge is -2.65. The van der Waals surface area contributed by atoms with Crippen molar-refractivity contribution in [1.82, 2.24) is 0 Å². The van der Waals surface area contributed by atoms with Gasteiger partial charge in [0.2, 0.25) is 0 Å². The van der Waals surface area contributed by atoms with Crippen LogP contribution in [0.15, 0.2) is 11.8 Å². The summed E-state index contributed by atoms with van der Waals surface area (Å²) in [5, 5.41) is -0.172. The first-order chi connectivity index (χ1) is 13.5. The van der Waals surface area contributed by atoms with Crippen LogP contribution in [0.2, 0.25) is 0 Å². The number of ether oxygens (including phenoxy) is 2. The SMILES string of the molecule is CC(=O)OC1=CCC2C3CC(Cl)C4(Cl)CC(OC(C)=O)CC[C@]4(C)C3CC[C@]12C. The highest BCUT2D eigenvalue weighted by Crippen LogP contribution is 2.69. The predicted molar refractivity (Wildman–Crippen MR) is 113 cm³/mol. The third-order valence-electron chi connectivity index (χ3n) is 8.79. The maximum atomic E-state index is 11.6. The Morgan fingerprint density at radius 3 is 2.48 bits per heavy atom. The number of allylic oxidation sites excluding steroid dienone is 2. The fourth-order valence-electron chi connectivity index (χ4n) is 7.32. The van der Waals surface area contributed by atoms with Crippen LogP contribution >= 0.6 is 23.2 Å². The Labute approximate surface area is 183 Å². The van der Waals surface area contributed by atoms with Gasteiger partial charge in [-0.2, -0.15) is 0 Å². The molecule has 3 saturated carbocycles. The number of carbonyl (C=O) groups is 2. The molecule has 0 aromatic carbocycles. The molecule has 0 aliphatic heterocycles. The van der Waals surface area contributed by atoms with E-state index in [2.05, 4.69) is 19.9 Å². The summed E-state index contributed by atoms with van der Waals surface area (Å²) >= 11 is 14.4. The minimum absolute atomic E-state index is 0.0912. The summed E-state index contributed by atoms with van der Waals surface area (Å²) in [6, 6.07) is 0. The summed E-state index contributed by atoms with van der Waals surface area (Å²) < 4.78 is 11.1. The molecular weight excluding hydrogens is 411 g/mol. The molecular formula is C23H32Cl2O4. The number of esters is 2. The van der Waals surface area contributed by atoms with E-state index in [-0.39, 0.29) is 34.2 Å². The predicted octanol–water partition coefficient (Wildman–Crippen LogP) is 5.60. The van der Waals surface area contributed by atoms with Crippen molar-refractivity contribution < 1.29 is 19.1 Å². The second-order valence-electron chi connectivity index (χ2n) is 10.2. The molecule has 4 aliphatic carbocycles. The molecule has 29 heavy (non-hydrogen) atoms. The zero-order chi connectivity index (χ0) is 21.2. The lowest BCUT2D eigenvalue weighted by Crippen LogP contribution is -2.65. The Morgan fingerprint density at radius 2 is 1.83 bits per heavy atom. The Balaban J connectivity index is 1.61. The van der Waals surface area contributed by atoms with Gasteiger partial charge in [-0.1, -0.05) is 13.8 Å². The van der Waals surface area contributed by atoms with Gasteiger partial charge >= 0.3 is 11.9 Å². The van der Waals surface area contributed by atoms with Crippen LogP contribution in [-0.2, 0) is 19.1 Å². The summed E-state index contributed by atoms with van der Waals surface area (Å²) in [5.41, 5.74) is -0.187. The molecule has 4 nitrogen and oxygen atoms in total. The summed E-state index contributed by atoms with van der Waals surface area (Å²) in [6.45, 7) is 7.50. The van der Waals surface area contributed by atoms with Gasteiger partial charge in [-0.25, -0.2) is 0 Å². The topological polar surface area (TPSA) is 52.6 Å². The highest BCUT2D eigenvalue weighted by molar-refractivity contribution is 6.33. The van der Waals surface area contributed by atoms with Gasteiger partial charge in [0.1, 0.15) is 11.9 Å². The van der Waals surface area contributed by atoms with Gasteiger partial charge in [0.05, 0.1) is 10.3 Å². The van der Waals surface area contributed by atoms with E-state index in [0.717, 1.165) is 44.3 Å². The van der Waals surface area contributed by atoms with Crippen LogP contribution < -0.4 is 0 Å². The minimum Gasteiger partial charge on any atom is -0.462 e. The molecule has 162 valence electrons. The van der Waals surface area contributed by atoms with E-state index in [1.165, 1.54) is 13.8 Å². The molecule has 0 saturated heterocycles. The van der Waals surface area contributed by atoms with Gasteiger partial charge in [0.25, 0.3) is 0 Å². The van der Waals surface area contributed by atoms with E-state index in [9.17, 15) is 9.59 Å². The number of hydrogen-bond donors (Lipinski definition) is 0. The third kappa shape index (κ3) is 3.15. The third-order valence-corrected chi connectivity index (χ3v) is 10.3. The van der Waals surface area contributed by atoms with Crippen molar-refractivity contribution in [3.8, 4) is 0 Å². The van der Waals surface area contributed by atoms with Crippen LogP contribution in [0.1, 0.15) is 72.6 Å². The second-order valence-corrected chi connectivity index (χ2v) is 11.4. The number of hydrogen-bond acceptors (Lipinski definition) is 4. The molecule has 8 atom stereocenters. The van der Waals surface area contributed by atoms with Crippen molar-refractivity contribution in [2.45, 2.75) is 89.0 Å². The summed E-state index contributed by atoms with van der Waals surface area (Å²) in [7, 11) is 0. The second kappa shape index (κ2) is 7.15. The van der Waals surface area contributed by atoms with E-state index in [0.29, 0.717) is 24.2 Å². The fourth-order valence-corrected chi connectivity index (χ4v) is 8.36. The van der Waals surface area contributed by atoms with Crippen LogP contribution in [0.3, 0.4) is 0 Å². The summed E-state index contributed by atoms with van der Waals surface area (Å²) in [6.07, 6.45) is 8.23. The van der Waals surface area contributed by atoms with Crippen LogP contribution in [0.25, 0.3) is 0 Å². The molecule has 0 heterocycles. The number of carbonyl (C=O) groups excluding carboxylic acids is 2. The van der Waals surface area contributed by atoms with Crippen LogP contribution in [0.4, 0.5) is 0 Å². The first kappa shape index (κ1) is 21.5. The zero-order valence-electron chi connectivity index (χ0n) is 17.8. The molecule has 0 aromatic heterocycles. The quantitative estimate of drug-likeness (QED) is 0.412. The molecule has 4 aliphatic rings. The number of alkyl halides is 2. The van der Waals surface area contributed by atoms with Gasteiger partial charge in [0.15, 0.2) is 0 Å². The average Bonchev–Trinajstić information content (AvgIpc) is 2.93.